The van der Waals surface area contributed by atoms with Crippen LogP contribution in [0.1, 0.15) is 18.1 Å². The van der Waals surface area contributed by atoms with Gasteiger partial charge in [-0.1, -0.05) is 6.92 Å². The van der Waals surface area contributed by atoms with Crippen LogP contribution in [0.2, 0.25) is 0 Å². The second-order valence-electron chi connectivity index (χ2n) is 5.97. The van der Waals surface area contributed by atoms with E-state index in [0.717, 1.165) is 12.1 Å². The van der Waals surface area contributed by atoms with E-state index in [-0.39, 0.29) is 27.1 Å². The molecule has 2 aromatic heterocycles. The smallest absolute Gasteiger partial charge is 0.307 e. The van der Waals surface area contributed by atoms with Gasteiger partial charge in [0.05, 0.1) is 33.7 Å². The third-order valence-electron chi connectivity index (χ3n) is 4.21. The van der Waals surface area contributed by atoms with Gasteiger partial charge in [-0.05, 0) is 24.3 Å². The summed E-state index contributed by atoms with van der Waals surface area (Å²) in [6.07, 6.45) is -2.20. The standard InChI is InChI=1S/C17H14F3N3O4S/c1-2-28(26,27)14-5-6-21-8-10(14)9-23-15(24)12-7-11(17(18,19)20)3-4-13(12)22-16(23)25/h3-8H,2,9H2,1H3,(H,22,25). The lowest BCUT2D eigenvalue weighted by Crippen LogP contribution is -2.36. The number of hydrogen-bond acceptors (Lipinski definition) is 5. The van der Waals surface area contributed by atoms with Crippen molar-refractivity contribution in [3.05, 3.63) is 68.6 Å². The topological polar surface area (TPSA) is 102 Å². The number of aromatic amines is 1. The zero-order chi connectivity index (χ0) is 20.7. The molecule has 2 heterocycles. The highest BCUT2D eigenvalue weighted by atomic mass is 32.2. The molecule has 1 N–H and O–H groups in total. The number of alkyl halides is 3. The molecule has 0 saturated heterocycles. The van der Waals surface area contributed by atoms with Crippen molar-refractivity contribution < 1.29 is 21.6 Å². The van der Waals surface area contributed by atoms with Crippen LogP contribution in [0.5, 0.6) is 0 Å². The molecule has 0 aliphatic rings. The van der Waals surface area contributed by atoms with E-state index >= 15 is 0 Å². The molecule has 1 aromatic carbocycles. The molecular formula is C17H14F3N3O4S. The highest BCUT2D eigenvalue weighted by Crippen LogP contribution is 2.30. The summed E-state index contributed by atoms with van der Waals surface area (Å²) in [7, 11) is -3.66. The van der Waals surface area contributed by atoms with Gasteiger partial charge in [0.15, 0.2) is 9.84 Å². The first kappa shape index (κ1) is 19.8. The molecule has 3 rings (SSSR count). The van der Waals surface area contributed by atoms with E-state index in [2.05, 4.69) is 9.97 Å². The first-order valence-corrected chi connectivity index (χ1v) is 9.69. The van der Waals surface area contributed by atoms with Crippen molar-refractivity contribution in [3.63, 3.8) is 0 Å². The Labute approximate surface area is 156 Å². The number of sulfone groups is 1. The molecule has 0 bridgehead atoms. The fourth-order valence-electron chi connectivity index (χ4n) is 2.73. The highest BCUT2D eigenvalue weighted by Gasteiger charge is 2.31. The van der Waals surface area contributed by atoms with Crippen LogP contribution in [0.3, 0.4) is 0 Å². The third-order valence-corrected chi connectivity index (χ3v) is 6.04. The van der Waals surface area contributed by atoms with Crippen LogP contribution in [-0.4, -0.2) is 28.7 Å². The summed E-state index contributed by atoms with van der Waals surface area (Å²) in [6, 6.07) is 3.66. The van der Waals surface area contributed by atoms with Gasteiger partial charge >= 0.3 is 11.9 Å². The van der Waals surface area contributed by atoms with Crippen molar-refractivity contribution in [1.82, 2.24) is 14.5 Å². The van der Waals surface area contributed by atoms with Gasteiger partial charge in [-0.2, -0.15) is 13.2 Å². The van der Waals surface area contributed by atoms with Crippen molar-refractivity contribution in [2.75, 3.05) is 5.75 Å². The zero-order valence-corrected chi connectivity index (χ0v) is 15.3. The monoisotopic (exact) mass is 413 g/mol. The number of pyridine rings is 1. The normalized spacial score (nSPS) is 12.4. The van der Waals surface area contributed by atoms with E-state index in [9.17, 15) is 31.2 Å². The first-order valence-electron chi connectivity index (χ1n) is 8.04. The number of fused-ring (bicyclic) bond motifs is 1. The lowest BCUT2D eigenvalue weighted by Gasteiger charge is -2.12. The molecule has 148 valence electrons. The molecule has 3 aromatic rings. The molecule has 7 nitrogen and oxygen atoms in total. The van der Waals surface area contributed by atoms with Gasteiger partial charge in [0.1, 0.15) is 0 Å². The molecule has 0 aliphatic heterocycles. The number of aromatic nitrogens is 3. The van der Waals surface area contributed by atoms with Gasteiger partial charge < -0.3 is 4.98 Å². The molecule has 0 unspecified atom stereocenters. The molecule has 0 saturated carbocycles. The van der Waals surface area contributed by atoms with Crippen LogP contribution in [-0.2, 0) is 22.6 Å². The molecule has 0 fully saturated rings. The van der Waals surface area contributed by atoms with E-state index in [1.54, 1.807) is 0 Å². The van der Waals surface area contributed by atoms with Crippen molar-refractivity contribution in [2.45, 2.75) is 24.5 Å². The molecule has 0 aliphatic carbocycles. The number of halogens is 3. The van der Waals surface area contributed by atoms with Crippen LogP contribution >= 0.6 is 0 Å². The van der Waals surface area contributed by atoms with Crippen LogP contribution in [0.4, 0.5) is 13.2 Å². The zero-order valence-electron chi connectivity index (χ0n) is 14.4. The summed E-state index contributed by atoms with van der Waals surface area (Å²) in [5.41, 5.74) is -2.84. The van der Waals surface area contributed by atoms with Crippen molar-refractivity contribution in [1.29, 1.82) is 0 Å². The van der Waals surface area contributed by atoms with Crippen LogP contribution in [0, 0.1) is 0 Å². The maximum Gasteiger partial charge on any atom is 0.416 e. The van der Waals surface area contributed by atoms with Gasteiger partial charge in [-0.25, -0.2) is 13.2 Å². The van der Waals surface area contributed by atoms with E-state index in [1.165, 1.54) is 25.4 Å². The predicted octanol–water partition coefficient (Wildman–Crippen LogP) is 1.95. The maximum absolute atomic E-state index is 12.9. The molecule has 0 amide bonds. The van der Waals surface area contributed by atoms with Gasteiger partial charge in [0.2, 0.25) is 0 Å². The Morgan fingerprint density at radius 1 is 1.18 bits per heavy atom. The average Bonchev–Trinajstić information content (AvgIpc) is 2.64. The lowest BCUT2D eigenvalue weighted by atomic mass is 10.1. The minimum absolute atomic E-state index is 0.0492. The van der Waals surface area contributed by atoms with Crippen LogP contribution in [0.25, 0.3) is 10.9 Å². The molecule has 11 heteroatoms. The summed E-state index contributed by atoms with van der Waals surface area (Å²) >= 11 is 0. The van der Waals surface area contributed by atoms with Gasteiger partial charge in [0, 0.05) is 18.0 Å². The quantitative estimate of drug-likeness (QED) is 0.704. The Morgan fingerprint density at radius 3 is 2.54 bits per heavy atom. The van der Waals surface area contributed by atoms with E-state index < -0.39 is 39.4 Å². The SMILES string of the molecule is CCS(=O)(=O)c1ccncc1Cn1c(=O)[nH]c2ccc(C(F)(F)F)cc2c1=O. The van der Waals surface area contributed by atoms with Crippen molar-refractivity contribution in [3.8, 4) is 0 Å². The van der Waals surface area contributed by atoms with E-state index in [1.807, 2.05) is 0 Å². The summed E-state index contributed by atoms with van der Waals surface area (Å²) in [6.45, 7) is 0.982. The Morgan fingerprint density at radius 2 is 1.89 bits per heavy atom. The average molecular weight is 413 g/mol. The lowest BCUT2D eigenvalue weighted by molar-refractivity contribution is -0.137. The summed E-state index contributed by atoms with van der Waals surface area (Å²) in [5, 5.41) is -0.335. The third kappa shape index (κ3) is 3.57. The predicted molar refractivity (Wildman–Crippen MR) is 94.9 cm³/mol. The number of nitrogens with one attached hydrogen (secondary N) is 1. The minimum Gasteiger partial charge on any atom is -0.307 e. The first-order chi connectivity index (χ1) is 13.0. The highest BCUT2D eigenvalue weighted by molar-refractivity contribution is 7.91. The minimum atomic E-state index is -4.66. The van der Waals surface area contributed by atoms with Gasteiger partial charge in [-0.3, -0.25) is 14.3 Å². The van der Waals surface area contributed by atoms with Crippen LogP contribution in [0.15, 0.2) is 51.1 Å². The number of H-pyrrole nitrogens is 1. The van der Waals surface area contributed by atoms with Gasteiger partial charge in [0.25, 0.3) is 5.56 Å². The molecule has 0 atom stereocenters. The molecule has 28 heavy (non-hydrogen) atoms. The number of benzene rings is 1. The summed E-state index contributed by atoms with van der Waals surface area (Å²) < 4.78 is 63.9. The van der Waals surface area contributed by atoms with Crippen molar-refractivity contribution >= 4 is 20.7 Å². The Balaban J connectivity index is 2.21. The van der Waals surface area contributed by atoms with Crippen molar-refractivity contribution in [2.24, 2.45) is 0 Å². The Bertz CT molecular complexity index is 1280. The second kappa shape index (κ2) is 6.89. The Hall–Kier alpha value is -2.95. The van der Waals surface area contributed by atoms with E-state index in [0.29, 0.717) is 10.6 Å². The second-order valence-corrected chi connectivity index (χ2v) is 8.21. The van der Waals surface area contributed by atoms with Gasteiger partial charge in [-0.15, -0.1) is 0 Å². The molecule has 0 spiro atoms. The number of rotatable bonds is 4. The van der Waals surface area contributed by atoms with E-state index in [4.69, 9.17) is 0 Å². The number of nitrogens with zero attached hydrogens (tertiary/aromatic N) is 2. The Kier molecular flexibility index (Phi) is 4.88. The fourth-order valence-corrected chi connectivity index (χ4v) is 3.83. The summed E-state index contributed by atoms with van der Waals surface area (Å²) in [5.74, 6) is -0.206. The fraction of sp³-hybridized carbons (Fsp3) is 0.235. The molecule has 0 radical (unpaired) electrons. The maximum atomic E-state index is 12.9. The number of hydrogen-bond donors (Lipinski definition) is 1. The van der Waals surface area contributed by atoms with Crippen LogP contribution < -0.4 is 11.2 Å². The summed E-state index contributed by atoms with van der Waals surface area (Å²) in [4.78, 5) is 31.0. The molecular weight excluding hydrogens is 399 g/mol. The largest absolute Gasteiger partial charge is 0.416 e.